The maximum absolute atomic E-state index is 9.92. The average molecular weight is 281 g/mol. The van der Waals surface area contributed by atoms with E-state index in [0.29, 0.717) is 6.54 Å². The minimum absolute atomic E-state index is 0.00635. The monoisotopic (exact) mass is 281 g/mol. The molecular weight excluding hydrogens is 254 g/mol. The largest absolute Gasteiger partial charge is 0.496 e. The van der Waals surface area contributed by atoms with Crippen molar-refractivity contribution in [2.24, 2.45) is 0 Å². The van der Waals surface area contributed by atoms with Gasteiger partial charge in [-0.1, -0.05) is 0 Å². The molecule has 0 spiro atoms. The molecule has 1 aromatic carbocycles. The van der Waals surface area contributed by atoms with Gasteiger partial charge in [0.15, 0.2) is 0 Å². The van der Waals surface area contributed by atoms with E-state index in [1.54, 1.807) is 7.11 Å². The summed E-state index contributed by atoms with van der Waals surface area (Å²) in [5.41, 5.74) is 2.10. The highest BCUT2D eigenvalue weighted by Gasteiger charge is 2.14. The minimum Gasteiger partial charge on any atom is -0.496 e. The van der Waals surface area contributed by atoms with Crippen molar-refractivity contribution < 1.29 is 14.6 Å². The van der Waals surface area contributed by atoms with Gasteiger partial charge in [0.25, 0.3) is 0 Å². The van der Waals surface area contributed by atoms with Gasteiger partial charge in [0.05, 0.1) is 7.11 Å². The van der Waals surface area contributed by atoms with Crippen LogP contribution >= 0.6 is 0 Å². The van der Waals surface area contributed by atoms with Crippen molar-refractivity contribution in [1.82, 2.24) is 5.32 Å². The Labute approximate surface area is 122 Å². The number of hydrogen-bond donors (Lipinski definition) is 2. The molecule has 0 aliphatic rings. The predicted molar refractivity (Wildman–Crippen MR) is 81.7 cm³/mol. The zero-order chi connectivity index (χ0) is 15.3. The number of benzene rings is 1. The van der Waals surface area contributed by atoms with E-state index in [1.165, 1.54) is 0 Å². The van der Waals surface area contributed by atoms with Gasteiger partial charge in [-0.15, -0.1) is 0 Å². The molecule has 114 valence electrons. The molecule has 0 aliphatic heterocycles. The summed E-state index contributed by atoms with van der Waals surface area (Å²) in [6.07, 6.45) is -0.531. The topological polar surface area (TPSA) is 50.7 Å². The van der Waals surface area contributed by atoms with Gasteiger partial charge in [0, 0.05) is 12.1 Å². The highest BCUT2D eigenvalue weighted by Crippen LogP contribution is 2.28. The van der Waals surface area contributed by atoms with E-state index in [4.69, 9.17) is 9.47 Å². The molecule has 0 aromatic heterocycles. The van der Waals surface area contributed by atoms with Crippen LogP contribution in [-0.4, -0.2) is 37.0 Å². The molecule has 0 saturated heterocycles. The Balaban J connectivity index is 2.56. The molecular formula is C16H27NO3. The van der Waals surface area contributed by atoms with Crippen molar-refractivity contribution in [1.29, 1.82) is 0 Å². The van der Waals surface area contributed by atoms with Crippen LogP contribution in [-0.2, 0) is 0 Å². The summed E-state index contributed by atoms with van der Waals surface area (Å²) in [5, 5.41) is 13.2. The summed E-state index contributed by atoms with van der Waals surface area (Å²) in [6.45, 7) is 11.0. The summed E-state index contributed by atoms with van der Waals surface area (Å²) in [5.74, 6) is 1.64. The predicted octanol–water partition coefficient (Wildman–Crippen LogP) is 2.44. The summed E-state index contributed by atoms with van der Waals surface area (Å²) in [7, 11) is 1.66. The second kappa shape index (κ2) is 6.95. The Morgan fingerprint density at radius 1 is 1.15 bits per heavy atom. The first-order chi connectivity index (χ1) is 9.24. The molecule has 2 N–H and O–H groups in total. The van der Waals surface area contributed by atoms with Crippen molar-refractivity contribution in [3.8, 4) is 11.5 Å². The third-order valence-electron chi connectivity index (χ3n) is 3.21. The van der Waals surface area contributed by atoms with Crippen molar-refractivity contribution in [2.75, 3.05) is 20.3 Å². The summed E-state index contributed by atoms with van der Waals surface area (Å²) in [6, 6.07) is 3.77. The van der Waals surface area contributed by atoms with Crippen LogP contribution in [0.3, 0.4) is 0 Å². The van der Waals surface area contributed by atoms with Gasteiger partial charge in [-0.25, -0.2) is 0 Å². The average Bonchev–Trinajstić information content (AvgIpc) is 2.37. The Hall–Kier alpha value is -1.26. The Morgan fingerprint density at radius 2 is 1.70 bits per heavy atom. The maximum atomic E-state index is 9.92. The molecule has 0 heterocycles. The van der Waals surface area contributed by atoms with Crippen LogP contribution in [0.25, 0.3) is 0 Å². The Morgan fingerprint density at radius 3 is 2.25 bits per heavy atom. The van der Waals surface area contributed by atoms with E-state index in [9.17, 15) is 5.11 Å². The molecule has 0 bridgehead atoms. The van der Waals surface area contributed by atoms with Gasteiger partial charge in [-0.2, -0.15) is 0 Å². The fourth-order valence-electron chi connectivity index (χ4n) is 1.82. The zero-order valence-electron chi connectivity index (χ0n) is 13.4. The lowest BCUT2D eigenvalue weighted by molar-refractivity contribution is 0.0996. The molecule has 0 radical (unpaired) electrons. The first-order valence-electron chi connectivity index (χ1n) is 6.94. The van der Waals surface area contributed by atoms with Crippen LogP contribution in [0.15, 0.2) is 12.1 Å². The van der Waals surface area contributed by atoms with Gasteiger partial charge in [0.2, 0.25) is 0 Å². The van der Waals surface area contributed by atoms with E-state index in [1.807, 2.05) is 26.0 Å². The van der Waals surface area contributed by atoms with E-state index >= 15 is 0 Å². The van der Waals surface area contributed by atoms with E-state index in [-0.39, 0.29) is 12.1 Å². The van der Waals surface area contributed by atoms with Gasteiger partial charge in [-0.3, -0.25) is 0 Å². The van der Waals surface area contributed by atoms with Crippen LogP contribution in [0, 0.1) is 13.8 Å². The fraction of sp³-hybridized carbons (Fsp3) is 0.625. The van der Waals surface area contributed by atoms with E-state index in [2.05, 4.69) is 26.1 Å². The lowest BCUT2D eigenvalue weighted by atomic mass is 10.1. The van der Waals surface area contributed by atoms with Gasteiger partial charge >= 0.3 is 0 Å². The standard InChI is InChI=1S/C16H27NO3/c1-11-12(2)15(8-7-14(11)19-6)20-10-13(18)9-17-16(3,4)5/h7-8,13,17-18H,9-10H2,1-6H3. The minimum atomic E-state index is -0.531. The Bertz CT molecular complexity index is 438. The summed E-state index contributed by atoms with van der Waals surface area (Å²) in [4.78, 5) is 0. The number of aliphatic hydroxyl groups excluding tert-OH is 1. The highest BCUT2D eigenvalue weighted by molar-refractivity contribution is 5.47. The van der Waals surface area contributed by atoms with Crippen LogP contribution in [0.5, 0.6) is 11.5 Å². The van der Waals surface area contributed by atoms with Crippen LogP contribution in [0.2, 0.25) is 0 Å². The lowest BCUT2D eigenvalue weighted by Gasteiger charge is -2.23. The zero-order valence-corrected chi connectivity index (χ0v) is 13.4. The first-order valence-corrected chi connectivity index (χ1v) is 6.94. The molecule has 20 heavy (non-hydrogen) atoms. The smallest absolute Gasteiger partial charge is 0.122 e. The highest BCUT2D eigenvalue weighted by atomic mass is 16.5. The number of ether oxygens (including phenoxy) is 2. The second-order valence-electron chi connectivity index (χ2n) is 6.11. The number of rotatable bonds is 6. The molecule has 0 saturated carbocycles. The molecule has 0 aliphatic carbocycles. The summed E-state index contributed by atoms with van der Waals surface area (Å²) >= 11 is 0. The Kier molecular flexibility index (Phi) is 5.84. The van der Waals surface area contributed by atoms with Crippen LogP contribution in [0.1, 0.15) is 31.9 Å². The van der Waals surface area contributed by atoms with E-state index in [0.717, 1.165) is 22.6 Å². The van der Waals surface area contributed by atoms with Crippen LogP contribution in [0.4, 0.5) is 0 Å². The van der Waals surface area contributed by atoms with Crippen molar-refractivity contribution in [3.63, 3.8) is 0 Å². The second-order valence-corrected chi connectivity index (χ2v) is 6.11. The van der Waals surface area contributed by atoms with Gasteiger partial charge in [0.1, 0.15) is 24.2 Å². The molecule has 4 nitrogen and oxygen atoms in total. The molecule has 4 heteroatoms. The number of β-amino-alcohol motifs (C(OH)–C–C–N with tert-alkyl or cyclic N) is 1. The molecule has 1 atom stereocenters. The molecule has 0 fully saturated rings. The SMILES string of the molecule is COc1ccc(OCC(O)CNC(C)(C)C)c(C)c1C. The maximum Gasteiger partial charge on any atom is 0.122 e. The van der Waals surface area contributed by atoms with Gasteiger partial charge < -0.3 is 19.9 Å². The molecule has 0 amide bonds. The third-order valence-corrected chi connectivity index (χ3v) is 3.21. The molecule has 1 aromatic rings. The van der Waals surface area contributed by atoms with Crippen molar-refractivity contribution in [2.45, 2.75) is 46.3 Å². The number of aliphatic hydroxyl groups is 1. The van der Waals surface area contributed by atoms with Crippen molar-refractivity contribution >= 4 is 0 Å². The normalized spacial score (nSPS) is 13.2. The number of hydrogen-bond acceptors (Lipinski definition) is 4. The van der Waals surface area contributed by atoms with Crippen LogP contribution < -0.4 is 14.8 Å². The lowest BCUT2D eigenvalue weighted by Crippen LogP contribution is -2.42. The van der Waals surface area contributed by atoms with Gasteiger partial charge in [-0.05, 0) is 57.9 Å². The number of nitrogens with one attached hydrogen (secondary N) is 1. The third kappa shape index (κ3) is 5.02. The van der Waals surface area contributed by atoms with Crippen molar-refractivity contribution in [3.05, 3.63) is 23.3 Å². The summed E-state index contributed by atoms with van der Waals surface area (Å²) < 4.78 is 11.0. The first kappa shape index (κ1) is 16.8. The molecule has 1 unspecified atom stereocenters. The van der Waals surface area contributed by atoms with E-state index < -0.39 is 6.10 Å². The fourth-order valence-corrected chi connectivity index (χ4v) is 1.82. The number of methoxy groups -OCH3 is 1. The molecule has 1 rings (SSSR count). The quantitative estimate of drug-likeness (QED) is 0.841.